The van der Waals surface area contributed by atoms with Gasteiger partial charge in [-0.3, -0.25) is 4.90 Å². The van der Waals surface area contributed by atoms with Gasteiger partial charge in [0.05, 0.1) is 0 Å². The Morgan fingerprint density at radius 2 is 1.78 bits per heavy atom. The summed E-state index contributed by atoms with van der Waals surface area (Å²) in [6.07, 6.45) is -0.788. The Bertz CT molecular complexity index is 374. The van der Waals surface area contributed by atoms with Crippen molar-refractivity contribution >= 4 is 0 Å². The predicted octanol–water partition coefficient (Wildman–Crippen LogP) is 3.71. The van der Waals surface area contributed by atoms with Gasteiger partial charge in [-0.2, -0.15) is 0 Å². The van der Waals surface area contributed by atoms with Gasteiger partial charge in [0.15, 0.2) is 0 Å². The minimum absolute atomic E-state index is 0.0137. The molecule has 0 saturated carbocycles. The molecule has 1 aromatic carbocycles. The molecular weight excluding hydrogens is 225 g/mol. The van der Waals surface area contributed by atoms with E-state index < -0.39 is 6.17 Å². The van der Waals surface area contributed by atoms with Gasteiger partial charge in [0.2, 0.25) is 0 Å². The van der Waals surface area contributed by atoms with E-state index in [2.05, 4.69) is 50.1 Å². The highest BCUT2D eigenvalue weighted by Crippen LogP contribution is 2.42. The first-order valence-corrected chi connectivity index (χ1v) is 6.91. The molecule has 4 atom stereocenters. The maximum absolute atomic E-state index is 14.0. The molecule has 2 heteroatoms. The smallest absolute Gasteiger partial charge is 0.113 e. The van der Waals surface area contributed by atoms with E-state index in [1.54, 1.807) is 6.92 Å². The second-order valence-electron chi connectivity index (χ2n) is 5.95. The van der Waals surface area contributed by atoms with Gasteiger partial charge in [-0.15, -0.1) is 0 Å². The minimum Gasteiger partial charge on any atom is -0.300 e. The Hall–Kier alpha value is -0.890. The fourth-order valence-electron chi connectivity index (χ4n) is 3.48. The Labute approximate surface area is 110 Å². The number of benzene rings is 1. The van der Waals surface area contributed by atoms with Crippen LogP contribution in [0.4, 0.5) is 4.39 Å². The van der Waals surface area contributed by atoms with Crippen molar-refractivity contribution in [2.24, 2.45) is 11.8 Å². The van der Waals surface area contributed by atoms with E-state index in [9.17, 15) is 4.39 Å². The molecule has 0 aliphatic carbocycles. The number of likely N-dealkylation sites (N-methyl/N-ethyl adjacent to an activating group) is 1. The molecule has 100 valence electrons. The Morgan fingerprint density at radius 1 is 1.17 bits per heavy atom. The number of nitrogens with zero attached hydrogens (tertiary/aromatic N) is 1. The van der Waals surface area contributed by atoms with E-state index in [1.165, 1.54) is 5.56 Å². The SMILES string of the molecule is CC(C)[C@@H]1CN(C)[C@@H](C(C)F)[C@H]1c1ccccc1. The molecular formula is C16H24FN. The monoisotopic (exact) mass is 249 g/mol. The zero-order valence-electron chi connectivity index (χ0n) is 11.8. The summed E-state index contributed by atoms with van der Waals surface area (Å²) in [5, 5.41) is 0. The number of likely N-dealkylation sites (tertiary alicyclic amines) is 1. The van der Waals surface area contributed by atoms with Crippen molar-refractivity contribution in [3.05, 3.63) is 35.9 Å². The van der Waals surface area contributed by atoms with Crippen LogP contribution in [-0.2, 0) is 0 Å². The summed E-state index contributed by atoms with van der Waals surface area (Å²) in [7, 11) is 2.05. The van der Waals surface area contributed by atoms with E-state index in [4.69, 9.17) is 0 Å². The molecule has 1 unspecified atom stereocenters. The lowest BCUT2D eigenvalue weighted by atomic mass is 9.77. The van der Waals surface area contributed by atoms with Crippen molar-refractivity contribution in [3.63, 3.8) is 0 Å². The molecule has 1 heterocycles. The van der Waals surface area contributed by atoms with Gasteiger partial charge >= 0.3 is 0 Å². The third-order valence-electron chi connectivity index (χ3n) is 4.35. The van der Waals surface area contributed by atoms with Crippen LogP contribution in [-0.4, -0.2) is 30.7 Å². The fraction of sp³-hybridized carbons (Fsp3) is 0.625. The minimum atomic E-state index is -0.788. The van der Waals surface area contributed by atoms with E-state index in [1.807, 2.05) is 6.07 Å². The summed E-state index contributed by atoms with van der Waals surface area (Å²) in [6, 6.07) is 10.5. The van der Waals surface area contributed by atoms with Crippen LogP contribution in [0.1, 0.15) is 32.3 Å². The summed E-state index contributed by atoms with van der Waals surface area (Å²) in [5.41, 5.74) is 1.29. The molecule has 18 heavy (non-hydrogen) atoms. The van der Waals surface area contributed by atoms with Gasteiger partial charge in [0, 0.05) is 18.5 Å². The molecule has 0 spiro atoms. The van der Waals surface area contributed by atoms with Gasteiger partial charge in [-0.1, -0.05) is 44.2 Å². The first-order valence-electron chi connectivity index (χ1n) is 6.91. The number of halogens is 1. The van der Waals surface area contributed by atoms with Crippen LogP contribution >= 0.6 is 0 Å². The van der Waals surface area contributed by atoms with Crippen molar-refractivity contribution in [2.75, 3.05) is 13.6 Å². The summed E-state index contributed by atoms with van der Waals surface area (Å²) in [5.74, 6) is 1.44. The summed E-state index contributed by atoms with van der Waals surface area (Å²) in [4.78, 5) is 2.20. The molecule has 2 rings (SSSR count). The van der Waals surface area contributed by atoms with Crippen molar-refractivity contribution in [1.82, 2.24) is 4.90 Å². The van der Waals surface area contributed by atoms with Crippen LogP contribution in [0.15, 0.2) is 30.3 Å². The van der Waals surface area contributed by atoms with Crippen molar-refractivity contribution in [3.8, 4) is 0 Å². The predicted molar refractivity (Wildman–Crippen MR) is 74.5 cm³/mol. The van der Waals surface area contributed by atoms with E-state index in [0.29, 0.717) is 17.8 Å². The second kappa shape index (κ2) is 5.40. The Balaban J connectivity index is 2.36. The molecule has 0 aromatic heterocycles. The Kier molecular flexibility index (Phi) is 4.06. The molecule has 1 fully saturated rings. The molecule has 1 saturated heterocycles. The zero-order chi connectivity index (χ0) is 13.3. The van der Waals surface area contributed by atoms with Gasteiger partial charge < -0.3 is 0 Å². The van der Waals surface area contributed by atoms with Crippen molar-refractivity contribution in [2.45, 2.75) is 38.9 Å². The average molecular weight is 249 g/mol. The number of alkyl halides is 1. The van der Waals surface area contributed by atoms with E-state index >= 15 is 0 Å². The van der Waals surface area contributed by atoms with Gasteiger partial charge in [-0.05, 0) is 31.4 Å². The topological polar surface area (TPSA) is 3.24 Å². The summed E-state index contributed by atoms with van der Waals surface area (Å²) >= 11 is 0. The molecule has 1 aliphatic heterocycles. The average Bonchev–Trinajstić information content (AvgIpc) is 2.68. The molecule has 0 amide bonds. The maximum atomic E-state index is 14.0. The lowest BCUT2D eigenvalue weighted by Crippen LogP contribution is -2.36. The van der Waals surface area contributed by atoms with Crippen LogP contribution in [0.2, 0.25) is 0 Å². The quantitative estimate of drug-likeness (QED) is 0.789. The zero-order valence-corrected chi connectivity index (χ0v) is 11.8. The highest BCUT2D eigenvalue weighted by atomic mass is 19.1. The highest BCUT2D eigenvalue weighted by molar-refractivity contribution is 5.25. The van der Waals surface area contributed by atoms with Crippen LogP contribution in [0, 0.1) is 11.8 Å². The lowest BCUT2D eigenvalue weighted by molar-refractivity contribution is 0.174. The van der Waals surface area contributed by atoms with Crippen LogP contribution in [0.5, 0.6) is 0 Å². The molecule has 0 N–H and O–H groups in total. The second-order valence-corrected chi connectivity index (χ2v) is 5.95. The van der Waals surface area contributed by atoms with Gasteiger partial charge in [0.25, 0.3) is 0 Å². The molecule has 0 bridgehead atoms. The molecule has 1 nitrogen and oxygen atoms in total. The lowest BCUT2D eigenvalue weighted by Gasteiger charge is -2.29. The third-order valence-corrected chi connectivity index (χ3v) is 4.35. The van der Waals surface area contributed by atoms with E-state index in [0.717, 1.165) is 6.54 Å². The Morgan fingerprint density at radius 3 is 2.28 bits per heavy atom. The fourth-order valence-corrected chi connectivity index (χ4v) is 3.48. The normalized spacial score (nSPS) is 30.9. The number of hydrogen-bond acceptors (Lipinski definition) is 1. The van der Waals surface area contributed by atoms with Crippen molar-refractivity contribution < 1.29 is 4.39 Å². The van der Waals surface area contributed by atoms with Crippen molar-refractivity contribution in [1.29, 1.82) is 0 Å². The largest absolute Gasteiger partial charge is 0.300 e. The standard InChI is InChI=1S/C16H24FN/c1-11(2)14-10-18(4)16(12(3)17)15(14)13-8-6-5-7-9-13/h5-9,11-12,14-16H,10H2,1-4H3/t12?,14-,15-,16-/m0/s1. The van der Waals surface area contributed by atoms with E-state index in [-0.39, 0.29) is 6.04 Å². The molecule has 0 radical (unpaired) electrons. The summed E-state index contributed by atoms with van der Waals surface area (Å²) in [6.45, 7) is 7.19. The summed E-state index contributed by atoms with van der Waals surface area (Å²) < 4.78 is 14.0. The number of hydrogen-bond donors (Lipinski definition) is 0. The van der Waals surface area contributed by atoms with Crippen LogP contribution in [0.3, 0.4) is 0 Å². The first kappa shape index (κ1) is 13.5. The highest BCUT2D eigenvalue weighted by Gasteiger charge is 2.44. The maximum Gasteiger partial charge on any atom is 0.113 e. The first-order chi connectivity index (χ1) is 8.52. The third kappa shape index (κ3) is 2.44. The van der Waals surface area contributed by atoms with Gasteiger partial charge in [0.1, 0.15) is 6.17 Å². The molecule has 1 aliphatic rings. The number of rotatable bonds is 3. The van der Waals surface area contributed by atoms with Crippen LogP contribution in [0.25, 0.3) is 0 Å². The van der Waals surface area contributed by atoms with Gasteiger partial charge in [-0.25, -0.2) is 4.39 Å². The van der Waals surface area contributed by atoms with Crippen LogP contribution < -0.4 is 0 Å². The molecule has 1 aromatic rings.